The van der Waals surface area contributed by atoms with E-state index >= 15 is 0 Å². The Kier molecular flexibility index (Phi) is 4.16. The van der Waals surface area contributed by atoms with Crippen LogP contribution in [0.1, 0.15) is 37.8 Å². The molecule has 19 heavy (non-hydrogen) atoms. The molecule has 0 bridgehead atoms. The summed E-state index contributed by atoms with van der Waals surface area (Å²) in [6.07, 6.45) is 3.34. The lowest BCUT2D eigenvalue weighted by molar-refractivity contribution is 0.523. The molecule has 5 heteroatoms. The summed E-state index contributed by atoms with van der Waals surface area (Å²) in [5.41, 5.74) is 1.21. The smallest absolute Gasteiger partial charge is 0.314 e. The van der Waals surface area contributed by atoms with Gasteiger partial charge in [-0.05, 0) is 31.2 Å². The third kappa shape index (κ3) is 2.93. The van der Waals surface area contributed by atoms with Gasteiger partial charge in [0.1, 0.15) is 0 Å². The van der Waals surface area contributed by atoms with Gasteiger partial charge in [-0.25, -0.2) is 0 Å². The number of aromatic amines is 2. The van der Waals surface area contributed by atoms with Crippen molar-refractivity contribution in [3.8, 4) is 0 Å². The lowest BCUT2D eigenvalue weighted by Gasteiger charge is -2.16. The summed E-state index contributed by atoms with van der Waals surface area (Å²) < 4.78 is 0. The quantitative estimate of drug-likeness (QED) is 0.716. The van der Waals surface area contributed by atoms with E-state index in [9.17, 15) is 9.59 Å². The Morgan fingerprint density at radius 3 is 2.47 bits per heavy atom. The maximum Gasteiger partial charge on any atom is 0.314 e. The molecule has 0 aliphatic rings. The van der Waals surface area contributed by atoms with E-state index in [0.717, 1.165) is 24.8 Å². The number of H-pyrrole nitrogens is 2. The van der Waals surface area contributed by atoms with E-state index in [1.165, 1.54) is 0 Å². The Bertz CT molecular complexity index is 672. The van der Waals surface area contributed by atoms with E-state index in [2.05, 4.69) is 22.2 Å². The van der Waals surface area contributed by atoms with Crippen molar-refractivity contribution in [1.82, 2.24) is 15.3 Å². The molecule has 0 aliphatic heterocycles. The predicted molar refractivity (Wildman–Crippen MR) is 76.5 cm³/mol. The Labute approximate surface area is 111 Å². The molecule has 1 aromatic heterocycles. The number of unbranched alkanes of at least 4 members (excludes halogenated alkanes) is 1. The van der Waals surface area contributed by atoms with Gasteiger partial charge in [0, 0.05) is 6.04 Å². The molecule has 1 atom stereocenters. The first-order chi connectivity index (χ1) is 9.15. The Morgan fingerprint density at radius 2 is 1.84 bits per heavy atom. The third-order valence-corrected chi connectivity index (χ3v) is 3.34. The summed E-state index contributed by atoms with van der Waals surface area (Å²) in [7, 11) is 1.93. The fourth-order valence-corrected chi connectivity index (χ4v) is 2.24. The highest BCUT2D eigenvalue weighted by Crippen LogP contribution is 2.21. The van der Waals surface area contributed by atoms with Gasteiger partial charge >= 0.3 is 11.1 Å². The SMILES string of the molecule is CCCCC(NC)c1ccc2[nH]c(=O)c(=O)[nH]c2c1. The second kappa shape index (κ2) is 5.84. The van der Waals surface area contributed by atoms with Crippen LogP contribution < -0.4 is 16.4 Å². The van der Waals surface area contributed by atoms with Crippen molar-refractivity contribution in [2.24, 2.45) is 0 Å². The predicted octanol–water partition coefficient (Wildman–Crippen LogP) is 1.67. The first-order valence-electron chi connectivity index (χ1n) is 6.59. The molecule has 0 amide bonds. The highest BCUT2D eigenvalue weighted by atomic mass is 16.2. The fourth-order valence-electron chi connectivity index (χ4n) is 2.24. The molecule has 2 rings (SSSR count). The Hall–Kier alpha value is -1.88. The number of rotatable bonds is 5. The molecule has 2 aromatic rings. The van der Waals surface area contributed by atoms with E-state index < -0.39 is 11.1 Å². The molecule has 0 aliphatic carbocycles. The Balaban J connectivity index is 2.42. The number of benzene rings is 1. The van der Waals surface area contributed by atoms with Crippen LogP contribution in [0.25, 0.3) is 11.0 Å². The Morgan fingerprint density at radius 1 is 1.16 bits per heavy atom. The average molecular weight is 261 g/mol. The summed E-state index contributed by atoms with van der Waals surface area (Å²) in [5, 5.41) is 3.28. The maximum atomic E-state index is 11.3. The van der Waals surface area contributed by atoms with E-state index in [1.54, 1.807) is 0 Å². The normalized spacial score (nSPS) is 12.7. The van der Waals surface area contributed by atoms with Crippen molar-refractivity contribution >= 4 is 11.0 Å². The van der Waals surface area contributed by atoms with Crippen molar-refractivity contribution in [3.63, 3.8) is 0 Å². The van der Waals surface area contributed by atoms with Crippen molar-refractivity contribution < 1.29 is 0 Å². The van der Waals surface area contributed by atoms with Gasteiger partial charge in [0.05, 0.1) is 11.0 Å². The molecule has 0 saturated carbocycles. The fraction of sp³-hybridized carbons (Fsp3) is 0.429. The summed E-state index contributed by atoms with van der Waals surface area (Å²) in [6, 6.07) is 6.00. The molecule has 1 aromatic carbocycles. The second-order valence-corrected chi connectivity index (χ2v) is 4.70. The molecular formula is C14H19N3O2. The van der Waals surface area contributed by atoms with Gasteiger partial charge in [0.25, 0.3) is 0 Å². The first-order valence-corrected chi connectivity index (χ1v) is 6.59. The van der Waals surface area contributed by atoms with Gasteiger partial charge in [-0.1, -0.05) is 25.8 Å². The standard InChI is InChI=1S/C14H19N3O2/c1-3-4-5-10(15-2)9-6-7-11-12(8-9)17-14(19)13(18)16-11/h6-8,10,15H,3-5H2,1-2H3,(H,16,18)(H,17,19). The van der Waals surface area contributed by atoms with Gasteiger partial charge in [-0.2, -0.15) is 0 Å². The molecule has 0 spiro atoms. The van der Waals surface area contributed by atoms with Crippen molar-refractivity contribution in [2.75, 3.05) is 7.05 Å². The van der Waals surface area contributed by atoms with Crippen molar-refractivity contribution in [3.05, 3.63) is 44.5 Å². The summed E-state index contributed by atoms with van der Waals surface area (Å²) in [6.45, 7) is 2.16. The third-order valence-electron chi connectivity index (χ3n) is 3.34. The zero-order valence-electron chi connectivity index (χ0n) is 11.2. The van der Waals surface area contributed by atoms with Gasteiger partial charge < -0.3 is 15.3 Å². The monoisotopic (exact) mass is 261 g/mol. The minimum absolute atomic E-state index is 0.264. The van der Waals surface area contributed by atoms with Crippen LogP contribution in [0.15, 0.2) is 27.8 Å². The highest BCUT2D eigenvalue weighted by molar-refractivity contribution is 5.74. The van der Waals surface area contributed by atoms with Crippen LogP contribution in [0, 0.1) is 0 Å². The van der Waals surface area contributed by atoms with E-state index in [4.69, 9.17) is 0 Å². The minimum Gasteiger partial charge on any atom is -0.316 e. The van der Waals surface area contributed by atoms with Crippen LogP contribution in [0.5, 0.6) is 0 Å². The minimum atomic E-state index is -0.614. The van der Waals surface area contributed by atoms with Gasteiger partial charge in [0.15, 0.2) is 0 Å². The van der Waals surface area contributed by atoms with Crippen molar-refractivity contribution in [1.29, 1.82) is 0 Å². The van der Waals surface area contributed by atoms with Gasteiger partial charge in [-0.15, -0.1) is 0 Å². The van der Waals surface area contributed by atoms with Crippen LogP contribution in [0.4, 0.5) is 0 Å². The van der Waals surface area contributed by atoms with Crippen LogP contribution in [-0.2, 0) is 0 Å². The lowest BCUT2D eigenvalue weighted by Crippen LogP contribution is -2.29. The van der Waals surface area contributed by atoms with Gasteiger partial charge in [0.2, 0.25) is 0 Å². The molecule has 102 valence electrons. The largest absolute Gasteiger partial charge is 0.316 e. The molecule has 3 N–H and O–H groups in total. The van der Waals surface area contributed by atoms with E-state index in [0.29, 0.717) is 11.0 Å². The summed E-state index contributed by atoms with van der Waals surface area (Å²) in [5.74, 6) is 0. The molecule has 1 heterocycles. The summed E-state index contributed by atoms with van der Waals surface area (Å²) in [4.78, 5) is 27.8. The second-order valence-electron chi connectivity index (χ2n) is 4.70. The maximum absolute atomic E-state index is 11.3. The zero-order chi connectivity index (χ0) is 13.8. The van der Waals surface area contributed by atoms with Gasteiger partial charge in [-0.3, -0.25) is 9.59 Å². The average Bonchev–Trinajstić information content (AvgIpc) is 2.41. The van der Waals surface area contributed by atoms with E-state index in [-0.39, 0.29) is 6.04 Å². The van der Waals surface area contributed by atoms with E-state index in [1.807, 2.05) is 25.2 Å². The number of hydrogen-bond donors (Lipinski definition) is 3. The zero-order valence-corrected chi connectivity index (χ0v) is 11.2. The molecule has 0 fully saturated rings. The number of hydrogen-bond acceptors (Lipinski definition) is 3. The highest BCUT2D eigenvalue weighted by Gasteiger charge is 2.09. The molecule has 5 nitrogen and oxygen atoms in total. The molecule has 0 saturated heterocycles. The van der Waals surface area contributed by atoms with Crippen LogP contribution in [0.3, 0.4) is 0 Å². The number of aromatic nitrogens is 2. The van der Waals surface area contributed by atoms with Crippen LogP contribution in [0.2, 0.25) is 0 Å². The summed E-state index contributed by atoms with van der Waals surface area (Å²) >= 11 is 0. The lowest BCUT2D eigenvalue weighted by atomic mass is 10.0. The van der Waals surface area contributed by atoms with Crippen LogP contribution >= 0.6 is 0 Å². The first kappa shape index (κ1) is 13.5. The topological polar surface area (TPSA) is 77.8 Å². The molecule has 1 unspecified atom stereocenters. The number of nitrogens with one attached hydrogen (secondary N) is 3. The van der Waals surface area contributed by atoms with Crippen molar-refractivity contribution in [2.45, 2.75) is 32.2 Å². The van der Waals surface area contributed by atoms with Crippen LogP contribution in [-0.4, -0.2) is 17.0 Å². The number of fused-ring (bicyclic) bond motifs is 1. The molecular weight excluding hydrogens is 242 g/mol. The molecule has 0 radical (unpaired) electrons.